The zero-order valence-electron chi connectivity index (χ0n) is 16.7. The van der Waals surface area contributed by atoms with Gasteiger partial charge in [-0.3, -0.25) is 0 Å². The monoisotopic (exact) mass is 371 g/mol. The lowest BCUT2D eigenvalue weighted by Gasteiger charge is -2.30. The quantitative estimate of drug-likeness (QED) is 0.754. The molecule has 0 spiro atoms. The molecule has 4 rings (SSSR count). The second kappa shape index (κ2) is 8.85. The molecule has 3 heterocycles. The molecule has 3 aliphatic rings. The van der Waals surface area contributed by atoms with Crippen molar-refractivity contribution in [2.75, 3.05) is 48.0 Å². The van der Waals surface area contributed by atoms with E-state index < -0.39 is 0 Å². The van der Waals surface area contributed by atoms with Crippen molar-refractivity contribution < 1.29 is 0 Å². The standard InChI is InChI=1S/C20H33N7/c1-25(24-17-11-5-2-6-12-17)18-21-19(26-13-7-3-8-14-26)23-20(22-18)27-15-9-4-10-16-27/h2-16H2,1H3. The Bertz CT molecular complexity index is 603. The minimum Gasteiger partial charge on any atom is -0.341 e. The van der Waals surface area contributed by atoms with Gasteiger partial charge in [-0.25, -0.2) is 5.01 Å². The fourth-order valence-electron chi connectivity index (χ4n) is 4.28. The van der Waals surface area contributed by atoms with Crippen LogP contribution in [-0.2, 0) is 0 Å². The summed E-state index contributed by atoms with van der Waals surface area (Å²) in [5.41, 5.74) is 1.28. The third kappa shape index (κ3) is 4.68. The van der Waals surface area contributed by atoms with Crippen LogP contribution in [0.25, 0.3) is 0 Å². The Morgan fingerprint density at radius 1 is 0.667 bits per heavy atom. The maximum Gasteiger partial charge on any atom is 0.252 e. The van der Waals surface area contributed by atoms with E-state index in [0.717, 1.165) is 50.9 Å². The van der Waals surface area contributed by atoms with E-state index in [4.69, 9.17) is 20.1 Å². The van der Waals surface area contributed by atoms with E-state index >= 15 is 0 Å². The number of hydrogen-bond donors (Lipinski definition) is 0. The zero-order valence-corrected chi connectivity index (χ0v) is 16.7. The summed E-state index contributed by atoms with van der Waals surface area (Å²) in [7, 11) is 1.98. The summed E-state index contributed by atoms with van der Waals surface area (Å²) in [6.45, 7) is 4.17. The van der Waals surface area contributed by atoms with E-state index in [1.807, 2.05) is 12.1 Å². The molecule has 27 heavy (non-hydrogen) atoms. The molecule has 0 amide bonds. The molecular weight excluding hydrogens is 338 g/mol. The second-order valence-electron chi connectivity index (χ2n) is 8.08. The lowest BCUT2D eigenvalue weighted by Crippen LogP contribution is -2.35. The molecule has 1 saturated carbocycles. The number of aromatic nitrogens is 3. The van der Waals surface area contributed by atoms with Crippen molar-refractivity contribution in [1.29, 1.82) is 0 Å². The number of hydrazone groups is 1. The zero-order chi connectivity index (χ0) is 18.5. The first kappa shape index (κ1) is 18.4. The minimum atomic E-state index is 0.684. The first-order valence-corrected chi connectivity index (χ1v) is 10.9. The van der Waals surface area contributed by atoms with Gasteiger partial charge in [0.05, 0.1) is 0 Å². The Balaban J connectivity index is 1.61. The van der Waals surface area contributed by atoms with Crippen molar-refractivity contribution in [3.8, 4) is 0 Å². The van der Waals surface area contributed by atoms with Crippen LogP contribution in [-0.4, -0.2) is 53.9 Å². The Labute approximate surface area is 162 Å². The van der Waals surface area contributed by atoms with E-state index in [0.29, 0.717) is 5.95 Å². The van der Waals surface area contributed by atoms with Crippen LogP contribution in [0.1, 0.15) is 70.6 Å². The minimum absolute atomic E-state index is 0.684. The molecule has 0 radical (unpaired) electrons. The van der Waals surface area contributed by atoms with Crippen LogP contribution < -0.4 is 14.8 Å². The van der Waals surface area contributed by atoms with Gasteiger partial charge in [0.2, 0.25) is 11.9 Å². The van der Waals surface area contributed by atoms with Crippen molar-refractivity contribution in [2.45, 2.75) is 70.6 Å². The molecule has 7 heteroatoms. The van der Waals surface area contributed by atoms with Crippen LogP contribution in [0.15, 0.2) is 5.10 Å². The molecule has 2 aliphatic heterocycles. The van der Waals surface area contributed by atoms with Crippen LogP contribution in [0.3, 0.4) is 0 Å². The lowest BCUT2D eigenvalue weighted by molar-refractivity contribution is 0.555. The second-order valence-corrected chi connectivity index (χ2v) is 8.08. The van der Waals surface area contributed by atoms with Crippen LogP contribution >= 0.6 is 0 Å². The fraction of sp³-hybridized carbons (Fsp3) is 0.800. The number of rotatable bonds is 4. The molecule has 0 aromatic carbocycles. The summed E-state index contributed by atoms with van der Waals surface area (Å²) in [5, 5.41) is 6.72. The number of nitrogens with zero attached hydrogens (tertiary/aromatic N) is 7. The molecule has 0 atom stereocenters. The van der Waals surface area contributed by atoms with Gasteiger partial charge < -0.3 is 9.80 Å². The molecule has 1 aliphatic carbocycles. The Morgan fingerprint density at radius 3 is 1.67 bits per heavy atom. The first-order valence-electron chi connectivity index (χ1n) is 10.9. The van der Waals surface area contributed by atoms with Crippen LogP contribution in [0.5, 0.6) is 0 Å². The summed E-state index contributed by atoms with van der Waals surface area (Å²) < 4.78 is 0. The molecule has 2 saturated heterocycles. The van der Waals surface area contributed by atoms with Gasteiger partial charge in [-0.05, 0) is 64.2 Å². The van der Waals surface area contributed by atoms with Gasteiger partial charge >= 0.3 is 0 Å². The van der Waals surface area contributed by atoms with Gasteiger partial charge in [0.25, 0.3) is 5.95 Å². The summed E-state index contributed by atoms with van der Waals surface area (Å²) >= 11 is 0. The molecule has 0 unspecified atom stereocenters. The average molecular weight is 372 g/mol. The SMILES string of the molecule is CN(N=C1CCCCC1)c1nc(N2CCCCC2)nc(N2CCCCC2)n1. The highest BCUT2D eigenvalue weighted by Gasteiger charge is 2.21. The molecule has 148 valence electrons. The third-order valence-corrected chi connectivity index (χ3v) is 5.89. The first-order chi connectivity index (χ1) is 13.3. The predicted octanol–water partition coefficient (Wildman–Crippen LogP) is 3.61. The van der Waals surface area contributed by atoms with Crippen molar-refractivity contribution in [3.63, 3.8) is 0 Å². The van der Waals surface area contributed by atoms with Crippen molar-refractivity contribution in [2.24, 2.45) is 5.10 Å². The Morgan fingerprint density at radius 2 is 1.15 bits per heavy atom. The van der Waals surface area contributed by atoms with Crippen LogP contribution in [0, 0.1) is 0 Å². The topological polar surface area (TPSA) is 60.8 Å². The van der Waals surface area contributed by atoms with Gasteiger partial charge in [-0.1, -0.05) is 6.42 Å². The van der Waals surface area contributed by atoms with Gasteiger partial charge in [-0.15, -0.1) is 0 Å². The van der Waals surface area contributed by atoms with Crippen molar-refractivity contribution in [3.05, 3.63) is 0 Å². The van der Waals surface area contributed by atoms with Crippen LogP contribution in [0.2, 0.25) is 0 Å². The summed E-state index contributed by atoms with van der Waals surface area (Å²) in [4.78, 5) is 19.1. The maximum atomic E-state index is 4.86. The molecule has 7 nitrogen and oxygen atoms in total. The molecule has 1 aromatic heterocycles. The van der Waals surface area contributed by atoms with Crippen molar-refractivity contribution in [1.82, 2.24) is 15.0 Å². The van der Waals surface area contributed by atoms with Gasteiger partial charge in [0, 0.05) is 38.9 Å². The highest BCUT2D eigenvalue weighted by Crippen LogP contribution is 2.24. The predicted molar refractivity (Wildman–Crippen MR) is 111 cm³/mol. The molecule has 3 fully saturated rings. The average Bonchev–Trinajstić information content (AvgIpc) is 2.75. The smallest absolute Gasteiger partial charge is 0.252 e. The largest absolute Gasteiger partial charge is 0.341 e. The van der Waals surface area contributed by atoms with E-state index in [2.05, 4.69) is 9.80 Å². The Hall–Kier alpha value is -1.92. The summed E-state index contributed by atoms with van der Waals surface area (Å²) in [6, 6.07) is 0. The summed E-state index contributed by atoms with van der Waals surface area (Å²) in [6.07, 6.45) is 13.5. The van der Waals surface area contributed by atoms with Gasteiger partial charge in [0.15, 0.2) is 0 Å². The van der Waals surface area contributed by atoms with Crippen molar-refractivity contribution >= 4 is 23.6 Å². The molecule has 0 N–H and O–H groups in total. The van der Waals surface area contributed by atoms with E-state index in [9.17, 15) is 0 Å². The van der Waals surface area contributed by atoms with Gasteiger partial charge in [0.1, 0.15) is 0 Å². The maximum absolute atomic E-state index is 4.86. The van der Waals surface area contributed by atoms with Crippen LogP contribution in [0.4, 0.5) is 17.8 Å². The van der Waals surface area contributed by atoms with Gasteiger partial charge in [-0.2, -0.15) is 20.1 Å². The summed E-state index contributed by atoms with van der Waals surface area (Å²) in [5.74, 6) is 2.34. The lowest BCUT2D eigenvalue weighted by atomic mass is 9.99. The Kier molecular flexibility index (Phi) is 6.04. The highest BCUT2D eigenvalue weighted by molar-refractivity contribution is 5.85. The number of anilines is 3. The van der Waals surface area contributed by atoms with E-state index in [1.165, 1.54) is 63.5 Å². The number of hydrogen-bond acceptors (Lipinski definition) is 7. The van der Waals surface area contributed by atoms with E-state index in [-0.39, 0.29) is 0 Å². The number of piperidine rings is 2. The normalized spacial score (nSPS) is 21.3. The molecule has 0 bridgehead atoms. The highest BCUT2D eigenvalue weighted by atomic mass is 15.5. The van der Waals surface area contributed by atoms with E-state index in [1.54, 1.807) is 0 Å². The third-order valence-electron chi connectivity index (χ3n) is 5.89. The fourth-order valence-corrected chi connectivity index (χ4v) is 4.28. The molecule has 1 aromatic rings. The molecular formula is C20H33N7.